The summed E-state index contributed by atoms with van der Waals surface area (Å²) in [6, 6.07) is 4.79. The van der Waals surface area contributed by atoms with Crippen molar-refractivity contribution in [3.05, 3.63) is 35.4 Å². The lowest BCUT2D eigenvalue weighted by atomic mass is 10.0. The zero-order chi connectivity index (χ0) is 19.5. The van der Waals surface area contributed by atoms with Crippen LogP contribution in [0.1, 0.15) is 35.2 Å². The number of fused-ring (bicyclic) bond motifs is 1. The number of alkyl halides is 3. The van der Waals surface area contributed by atoms with Crippen LogP contribution < -0.4 is 0 Å². The smallest absolute Gasteiger partial charge is 0.443 e. The Bertz CT molecular complexity index is 720. The van der Waals surface area contributed by atoms with Crippen molar-refractivity contribution in [1.82, 2.24) is 5.06 Å². The molecule has 0 fully saturated rings. The molecule has 1 heterocycles. The van der Waals surface area contributed by atoms with E-state index in [0.717, 1.165) is 19.2 Å². The molecule has 0 saturated heterocycles. The lowest BCUT2D eigenvalue weighted by Gasteiger charge is -2.36. The summed E-state index contributed by atoms with van der Waals surface area (Å²) < 4.78 is 50.4. The quantitative estimate of drug-likeness (QED) is 0.580. The number of benzene rings is 1. The van der Waals surface area contributed by atoms with Gasteiger partial charge in [0.25, 0.3) is 11.6 Å². The third kappa shape index (κ3) is 3.42. The first-order chi connectivity index (χ1) is 12.1. The standard InChI is InChI=1S/C16H16F3NO6/c1-25-13(22)7-6-10(21)8-9-26-15(16(17,18)19)12-5-3-2-4-11(12)14(23)20(15)24/h2-5,24H,6-9H2,1H3. The minimum Gasteiger partial charge on any atom is -0.469 e. The molecule has 0 aromatic heterocycles. The number of hydrogen-bond donors (Lipinski definition) is 1. The van der Waals surface area contributed by atoms with E-state index in [1.165, 1.54) is 12.1 Å². The molecule has 0 saturated carbocycles. The maximum absolute atomic E-state index is 13.7. The molecule has 10 heteroatoms. The third-order valence-corrected chi connectivity index (χ3v) is 3.92. The lowest BCUT2D eigenvalue weighted by Crippen LogP contribution is -2.55. The molecule has 0 radical (unpaired) electrons. The summed E-state index contributed by atoms with van der Waals surface area (Å²) >= 11 is 0. The van der Waals surface area contributed by atoms with E-state index in [0.29, 0.717) is 0 Å². The van der Waals surface area contributed by atoms with Gasteiger partial charge in [-0.15, -0.1) is 0 Å². The number of carbonyl (C=O) groups is 3. The Labute approximate surface area is 146 Å². The van der Waals surface area contributed by atoms with Crippen molar-refractivity contribution >= 4 is 17.7 Å². The molecule has 0 aliphatic carbocycles. The van der Waals surface area contributed by atoms with E-state index >= 15 is 0 Å². The number of amides is 1. The number of methoxy groups -OCH3 is 1. The summed E-state index contributed by atoms with van der Waals surface area (Å²) in [7, 11) is 1.15. The van der Waals surface area contributed by atoms with Crippen molar-refractivity contribution in [2.24, 2.45) is 0 Å². The first kappa shape index (κ1) is 19.9. The van der Waals surface area contributed by atoms with Crippen molar-refractivity contribution in [1.29, 1.82) is 0 Å². The van der Waals surface area contributed by atoms with Crippen molar-refractivity contribution in [2.75, 3.05) is 13.7 Å². The normalized spacial score (nSPS) is 19.4. The summed E-state index contributed by atoms with van der Waals surface area (Å²) in [6.45, 7) is -0.710. The number of ether oxygens (including phenoxy) is 2. The Kier molecular flexibility index (Phi) is 5.67. The van der Waals surface area contributed by atoms with Gasteiger partial charge >= 0.3 is 12.1 Å². The highest BCUT2D eigenvalue weighted by atomic mass is 19.4. The summed E-state index contributed by atoms with van der Waals surface area (Å²) in [5, 5.41) is 9.33. The van der Waals surface area contributed by atoms with Crippen LogP contribution in [-0.4, -0.2) is 47.8 Å². The number of nitrogens with zero attached hydrogens (tertiary/aromatic N) is 1. The molecule has 1 N–H and O–H groups in total. The summed E-state index contributed by atoms with van der Waals surface area (Å²) in [5.41, 5.74) is -4.28. The monoisotopic (exact) mass is 375 g/mol. The molecule has 142 valence electrons. The van der Waals surface area contributed by atoms with Crippen molar-refractivity contribution in [3.63, 3.8) is 0 Å². The fraction of sp³-hybridized carbons (Fsp3) is 0.438. The molecule has 2 rings (SSSR count). The van der Waals surface area contributed by atoms with Gasteiger partial charge in [-0.3, -0.25) is 19.6 Å². The minimum absolute atomic E-state index is 0.201. The van der Waals surface area contributed by atoms with Gasteiger partial charge in [0.15, 0.2) is 0 Å². The maximum atomic E-state index is 13.7. The van der Waals surface area contributed by atoms with Gasteiger partial charge in [0.1, 0.15) is 5.78 Å². The van der Waals surface area contributed by atoms with Crippen LogP contribution in [0.5, 0.6) is 0 Å². The zero-order valence-electron chi connectivity index (χ0n) is 13.7. The van der Waals surface area contributed by atoms with Crippen LogP contribution in [-0.2, 0) is 24.8 Å². The fourth-order valence-electron chi connectivity index (χ4n) is 2.61. The molecule has 1 aliphatic rings. The molecule has 1 unspecified atom stereocenters. The predicted octanol–water partition coefficient (Wildman–Crippen LogP) is 2.18. The number of carbonyl (C=O) groups excluding carboxylic acids is 3. The van der Waals surface area contributed by atoms with Crippen LogP contribution in [0.3, 0.4) is 0 Å². The van der Waals surface area contributed by atoms with E-state index in [9.17, 15) is 32.8 Å². The number of Topliss-reactive ketones (excluding diaryl/α,β-unsaturated/α-hetero) is 1. The first-order valence-corrected chi connectivity index (χ1v) is 7.57. The highest BCUT2D eigenvalue weighted by Gasteiger charge is 2.68. The number of halogens is 3. The molecule has 1 atom stereocenters. The van der Waals surface area contributed by atoms with Gasteiger partial charge in [0.2, 0.25) is 0 Å². The van der Waals surface area contributed by atoms with Gasteiger partial charge < -0.3 is 9.47 Å². The third-order valence-electron chi connectivity index (χ3n) is 3.92. The second-order valence-corrected chi connectivity index (χ2v) is 5.52. The zero-order valence-corrected chi connectivity index (χ0v) is 13.7. The Balaban J connectivity index is 2.16. The first-order valence-electron chi connectivity index (χ1n) is 7.57. The summed E-state index contributed by atoms with van der Waals surface area (Å²) in [5.74, 6) is -2.40. The highest BCUT2D eigenvalue weighted by molar-refractivity contribution is 5.99. The number of hydroxylamine groups is 2. The predicted molar refractivity (Wildman–Crippen MR) is 79.0 cm³/mol. The topological polar surface area (TPSA) is 93.1 Å². The average Bonchev–Trinajstić information content (AvgIpc) is 2.82. The molecule has 1 amide bonds. The molecule has 1 aromatic rings. The number of esters is 1. The van der Waals surface area contributed by atoms with Crippen LogP contribution in [0.4, 0.5) is 13.2 Å². The van der Waals surface area contributed by atoms with Crippen LogP contribution in [0.25, 0.3) is 0 Å². The van der Waals surface area contributed by atoms with E-state index in [4.69, 9.17) is 4.74 Å². The molecule has 0 spiro atoms. The van der Waals surface area contributed by atoms with Crippen molar-refractivity contribution in [3.8, 4) is 0 Å². The maximum Gasteiger partial charge on any atom is 0.443 e. The van der Waals surface area contributed by atoms with Crippen LogP contribution in [0.2, 0.25) is 0 Å². The van der Waals surface area contributed by atoms with Gasteiger partial charge in [-0.1, -0.05) is 18.2 Å². The van der Waals surface area contributed by atoms with Crippen LogP contribution in [0.15, 0.2) is 24.3 Å². The molecular weight excluding hydrogens is 359 g/mol. The Morgan fingerprint density at radius 2 is 1.85 bits per heavy atom. The van der Waals surface area contributed by atoms with Gasteiger partial charge in [-0.2, -0.15) is 18.2 Å². The molecule has 0 bridgehead atoms. The molecule has 26 heavy (non-hydrogen) atoms. The molecule has 1 aromatic carbocycles. The number of rotatable bonds is 7. The SMILES string of the molecule is COC(=O)CCC(=O)CCOC1(C(F)(F)F)c2ccccc2C(=O)N1O. The Morgan fingerprint density at radius 1 is 1.19 bits per heavy atom. The average molecular weight is 375 g/mol. The fourth-order valence-corrected chi connectivity index (χ4v) is 2.61. The highest BCUT2D eigenvalue weighted by Crippen LogP contribution is 2.49. The van der Waals surface area contributed by atoms with Gasteiger partial charge in [0, 0.05) is 18.4 Å². The van der Waals surface area contributed by atoms with Crippen molar-refractivity contribution < 1.29 is 42.2 Å². The van der Waals surface area contributed by atoms with E-state index in [2.05, 4.69) is 4.74 Å². The molecule has 1 aliphatic heterocycles. The second kappa shape index (κ2) is 7.42. The Morgan fingerprint density at radius 3 is 2.46 bits per heavy atom. The number of ketones is 1. The number of hydrogen-bond acceptors (Lipinski definition) is 6. The van der Waals surface area contributed by atoms with E-state index < -0.39 is 53.2 Å². The van der Waals surface area contributed by atoms with E-state index in [-0.39, 0.29) is 18.4 Å². The van der Waals surface area contributed by atoms with Gasteiger partial charge in [0.05, 0.1) is 25.7 Å². The lowest BCUT2D eigenvalue weighted by molar-refractivity contribution is -0.377. The van der Waals surface area contributed by atoms with E-state index in [1.807, 2.05) is 0 Å². The van der Waals surface area contributed by atoms with E-state index in [1.54, 1.807) is 0 Å². The van der Waals surface area contributed by atoms with Crippen LogP contribution >= 0.6 is 0 Å². The molecule has 7 nitrogen and oxygen atoms in total. The van der Waals surface area contributed by atoms with Crippen molar-refractivity contribution in [2.45, 2.75) is 31.2 Å². The van der Waals surface area contributed by atoms with Gasteiger partial charge in [-0.25, -0.2) is 0 Å². The minimum atomic E-state index is -5.15. The summed E-state index contributed by atoms with van der Waals surface area (Å²) in [4.78, 5) is 34.6. The molecular formula is C16H16F3NO6. The Hall–Kier alpha value is -2.46. The van der Waals surface area contributed by atoms with Gasteiger partial charge in [-0.05, 0) is 6.07 Å². The largest absolute Gasteiger partial charge is 0.469 e. The second-order valence-electron chi connectivity index (χ2n) is 5.52. The van der Waals surface area contributed by atoms with Crippen LogP contribution in [0, 0.1) is 0 Å². The summed E-state index contributed by atoms with van der Waals surface area (Å²) in [6.07, 6.45) is -6.00.